The number of hydrogen-bond acceptors (Lipinski definition) is 7. The van der Waals surface area contributed by atoms with Crippen molar-refractivity contribution in [1.82, 2.24) is 13.6 Å². The van der Waals surface area contributed by atoms with Gasteiger partial charge in [0.05, 0.1) is 34.2 Å². The lowest BCUT2D eigenvalue weighted by Crippen LogP contribution is -2.33. The first kappa shape index (κ1) is 20.0. The van der Waals surface area contributed by atoms with E-state index in [0.29, 0.717) is 46.5 Å². The molecule has 1 aromatic carbocycles. The highest BCUT2D eigenvalue weighted by molar-refractivity contribution is 8.01. The molecule has 0 spiro atoms. The Morgan fingerprint density at radius 1 is 1.41 bits per heavy atom. The molecule has 29 heavy (non-hydrogen) atoms. The second kappa shape index (κ2) is 7.54. The third kappa shape index (κ3) is 3.69. The van der Waals surface area contributed by atoms with Crippen molar-refractivity contribution in [1.29, 1.82) is 5.26 Å². The third-order valence-electron chi connectivity index (χ3n) is 4.98. The van der Waals surface area contributed by atoms with Gasteiger partial charge in [0, 0.05) is 36.6 Å². The number of halogens is 1. The van der Waals surface area contributed by atoms with Crippen LogP contribution in [0, 0.1) is 11.3 Å². The molecule has 1 fully saturated rings. The van der Waals surface area contributed by atoms with E-state index in [9.17, 15) is 13.7 Å². The van der Waals surface area contributed by atoms with E-state index in [0.717, 1.165) is 10.9 Å². The van der Waals surface area contributed by atoms with Gasteiger partial charge in [-0.2, -0.15) is 9.57 Å². The van der Waals surface area contributed by atoms with Crippen molar-refractivity contribution in [3.05, 3.63) is 58.4 Å². The van der Waals surface area contributed by atoms with Gasteiger partial charge in [-0.25, -0.2) is 8.42 Å². The molecule has 0 saturated carbocycles. The molecule has 1 saturated heterocycles. The predicted octanol–water partition coefficient (Wildman–Crippen LogP) is 3.55. The number of fused-ring (bicyclic) bond motifs is 1. The van der Waals surface area contributed by atoms with Gasteiger partial charge in [0.1, 0.15) is 16.7 Å². The van der Waals surface area contributed by atoms with Gasteiger partial charge in [-0.15, -0.1) is 0 Å². The van der Waals surface area contributed by atoms with Crippen LogP contribution in [-0.4, -0.2) is 47.4 Å². The van der Waals surface area contributed by atoms with Gasteiger partial charge in [-0.3, -0.25) is 4.98 Å². The molecule has 2 aliphatic heterocycles. The first-order valence-corrected chi connectivity index (χ1v) is 11.9. The zero-order valence-electron chi connectivity index (χ0n) is 15.6. The molecule has 2 aromatic rings. The molecule has 150 valence electrons. The molecule has 0 amide bonds. The lowest BCUT2D eigenvalue weighted by Gasteiger charge is -2.25. The maximum atomic E-state index is 11.8. The lowest BCUT2D eigenvalue weighted by molar-refractivity contribution is 0.420. The second-order valence-corrected chi connectivity index (χ2v) is 10.2. The molecule has 1 aromatic heterocycles. The van der Waals surface area contributed by atoms with Gasteiger partial charge in [-0.1, -0.05) is 18.2 Å². The maximum absolute atomic E-state index is 11.8. The summed E-state index contributed by atoms with van der Waals surface area (Å²) in [6.07, 6.45) is 3.59. The highest BCUT2D eigenvalue weighted by Crippen LogP contribution is 2.44. The number of aromatic nitrogens is 1. The van der Waals surface area contributed by atoms with E-state index in [-0.39, 0.29) is 6.04 Å². The molecule has 4 rings (SSSR count). The topological polar surface area (TPSA) is 89.3 Å². The molecule has 0 unspecified atom stereocenters. The van der Waals surface area contributed by atoms with Crippen LogP contribution in [0.1, 0.15) is 6.42 Å². The van der Waals surface area contributed by atoms with Gasteiger partial charge in [0.25, 0.3) is 0 Å². The fraction of sp³-hybridized carbons (Fsp3) is 0.263. The molecule has 2 aliphatic rings. The van der Waals surface area contributed by atoms with Crippen LogP contribution in [0.4, 0.5) is 5.69 Å². The van der Waals surface area contributed by atoms with E-state index >= 15 is 0 Å². The van der Waals surface area contributed by atoms with Gasteiger partial charge in [0.15, 0.2) is 0 Å². The van der Waals surface area contributed by atoms with Crippen LogP contribution in [0.5, 0.6) is 0 Å². The van der Waals surface area contributed by atoms with Crippen molar-refractivity contribution >= 4 is 50.2 Å². The molecule has 1 N–H and O–H groups in total. The highest BCUT2D eigenvalue weighted by atomic mass is 35.5. The van der Waals surface area contributed by atoms with Crippen LogP contribution in [0.2, 0.25) is 5.02 Å². The normalized spacial score (nSPS) is 20.5. The summed E-state index contributed by atoms with van der Waals surface area (Å²) in [5.74, 6) is 0. The Bertz CT molecular complexity index is 1190. The molecule has 7 nitrogen and oxygen atoms in total. The molecular weight excluding hydrogens is 430 g/mol. The number of nitrogens with one attached hydrogen (secondary N) is 1. The van der Waals surface area contributed by atoms with Crippen molar-refractivity contribution < 1.29 is 8.42 Å². The van der Waals surface area contributed by atoms with Gasteiger partial charge >= 0.3 is 0 Å². The first-order chi connectivity index (χ1) is 13.8. The number of nitrogens with zero attached hydrogens (tertiary/aromatic N) is 4. The van der Waals surface area contributed by atoms with Crippen molar-refractivity contribution in [3.63, 3.8) is 0 Å². The Morgan fingerprint density at radius 3 is 2.90 bits per heavy atom. The van der Waals surface area contributed by atoms with Crippen LogP contribution >= 0.6 is 23.5 Å². The van der Waals surface area contributed by atoms with Crippen LogP contribution in [0.15, 0.2) is 53.3 Å². The molecule has 0 radical (unpaired) electrons. The Labute approximate surface area is 178 Å². The highest BCUT2D eigenvalue weighted by Gasteiger charge is 2.38. The third-order valence-corrected chi connectivity index (χ3v) is 7.77. The maximum Gasteiger partial charge on any atom is 0.211 e. The Balaban J connectivity index is 1.62. The summed E-state index contributed by atoms with van der Waals surface area (Å²) in [5, 5.41) is 15.0. The van der Waals surface area contributed by atoms with Crippen LogP contribution in [-0.2, 0) is 10.0 Å². The smallest absolute Gasteiger partial charge is 0.211 e. The zero-order valence-corrected chi connectivity index (χ0v) is 18.0. The SMILES string of the molecule is C=C1C(C#N)=C(Nc2c(Cl)ccc3ncccc23)SN1[C@H]1CCN(S(C)(=O)=O)C1. The van der Waals surface area contributed by atoms with E-state index in [1.165, 1.54) is 22.5 Å². The van der Waals surface area contributed by atoms with E-state index in [4.69, 9.17) is 11.6 Å². The van der Waals surface area contributed by atoms with Crippen molar-refractivity contribution in [3.8, 4) is 6.07 Å². The standard InChI is InChI=1S/C19H18ClN5O2S2/c1-12-15(10-21)19(28-25(12)13-7-9-24(11-13)29(2,26)27)23-18-14-4-3-8-22-17(14)6-5-16(18)20/h3-6,8,13,23H,1,7,9,11H2,2H3/t13-/m0/s1. The van der Waals surface area contributed by atoms with E-state index in [1.54, 1.807) is 12.3 Å². The summed E-state index contributed by atoms with van der Waals surface area (Å²) < 4.78 is 27.1. The Hall–Kier alpha value is -2.25. The quantitative estimate of drug-likeness (QED) is 0.717. The number of allylic oxidation sites excluding steroid dienone is 1. The summed E-state index contributed by atoms with van der Waals surface area (Å²) in [5.41, 5.74) is 2.45. The summed E-state index contributed by atoms with van der Waals surface area (Å²) in [6, 6.07) is 9.50. The molecular formula is C19H18ClN5O2S2. The van der Waals surface area contributed by atoms with E-state index < -0.39 is 10.0 Å². The van der Waals surface area contributed by atoms with Crippen LogP contribution in [0.3, 0.4) is 0 Å². The van der Waals surface area contributed by atoms with Crippen LogP contribution in [0.25, 0.3) is 10.9 Å². The van der Waals surface area contributed by atoms with Crippen molar-refractivity contribution in [2.24, 2.45) is 0 Å². The Morgan fingerprint density at radius 2 is 2.21 bits per heavy atom. The van der Waals surface area contributed by atoms with E-state index in [1.807, 2.05) is 22.5 Å². The molecule has 3 heterocycles. The minimum absolute atomic E-state index is 0.0606. The van der Waals surface area contributed by atoms with Gasteiger partial charge in [-0.05, 0) is 30.7 Å². The fourth-order valence-electron chi connectivity index (χ4n) is 3.51. The zero-order chi connectivity index (χ0) is 20.8. The molecule has 0 aliphatic carbocycles. The minimum atomic E-state index is -3.24. The van der Waals surface area contributed by atoms with Crippen molar-refractivity contribution in [2.75, 3.05) is 24.7 Å². The van der Waals surface area contributed by atoms with Crippen LogP contribution < -0.4 is 5.32 Å². The lowest BCUT2D eigenvalue weighted by atomic mass is 10.1. The molecule has 10 heteroatoms. The number of anilines is 1. The Kier molecular flexibility index (Phi) is 5.21. The summed E-state index contributed by atoms with van der Waals surface area (Å²) in [6.45, 7) is 4.90. The average molecular weight is 448 g/mol. The first-order valence-electron chi connectivity index (χ1n) is 8.86. The molecule has 1 atom stereocenters. The average Bonchev–Trinajstić information content (AvgIpc) is 3.29. The van der Waals surface area contributed by atoms with Crippen molar-refractivity contribution in [2.45, 2.75) is 12.5 Å². The number of pyridine rings is 1. The number of sulfonamides is 1. The molecule has 0 bridgehead atoms. The van der Waals surface area contributed by atoms with Gasteiger partial charge < -0.3 is 9.62 Å². The summed E-state index contributed by atoms with van der Waals surface area (Å²) >= 11 is 7.78. The van der Waals surface area contributed by atoms with E-state index in [2.05, 4.69) is 22.9 Å². The van der Waals surface area contributed by atoms with Gasteiger partial charge in [0.2, 0.25) is 10.0 Å². The number of rotatable bonds is 4. The predicted molar refractivity (Wildman–Crippen MR) is 116 cm³/mol. The fourth-order valence-corrected chi connectivity index (χ4v) is 5.72. The number of hydrogen-bond donors (Lipinski definition) is 1. The number of benzene rings is 1. The monoisotopic (exact) mass is 447 g/mol. The minimum Gasteiger partial charge on any atom is -0.346 e. The number of nitriles is 1. The largest absolute Gasteiger partial charge is 0.346 e. The second-order valence-electron chi connectivity index (χ2n) is 6.86. The summed E-state index contributed by atoms with van der Waals surface area (Å²) in [7, 11) is -3.24. The summed E-state index contributed by atoms with van der Waals surface area (Å²) in [4.78, 5) is 4.34.